The van der Waals surface area contributed by atoms with Crippen LogP contribution in [0.3, 0.4) is 0 Å². The lowest BCUT2D eigenvalue weighted by molar-refractivity contribution is 0.129. The van der Waals surface area contributed by atoms with Gasteiger partial charge in [-0.15, -0.1) is 11.8 Å². The van der Waals surface area contributed by atoms with E-state index in [4.69, 9.17) is 10.6 Å². The molecular formula is C13H16N4OS. The highest BCUT2D eigenvalue weighted by Gasteiger charge is 2.17. The first kappa shape index (κ1) is 12.7. The number of nitrogens with two attached hydrogens (primary N) is 1. The van der Waals surface area contributed by atoms with Gasteiger partial charge >= 0.3 is 0 Å². The number of hydrogen-bond donors (Lipinski definition) is 2. The molecule has 3 rings (SSSR count). The molecule has 1 unspecified atom stereocenters. The van der Waals surface area contributed by atoms with E-state index in [1.807, 2.05) is 24.3 Å². The van der Waals surface area contributed by atoms with E-state index in [0.717, 1.165) is 41.1 Å². The lowest BCUT2D eigenvalue weighted by Crippen LogP contribution is -2.12. The van der Waals surface area contributed by atoms with Gasteiger partial charge < -0.3 is 4.74 Å². The minimum absolute atomic E-state index is 0.341. The summed E-state index contributed by atoms with van der Waals surface area (Å²) >= 11 is 1.71. The Morgan fingerprint density at radius 2 is 2.26 bits per heavy atom. The fourth-order valence-corrected chi connectivity index (χ4v) is 3.26. The smallest absolute Gasteiger partial charge is 0.238 e. The summed E-state index contributed by atoms with van der Waals surface area (Å²) < 4.78 is 5.64. The number of benzene rings is 1. The second kappa shape index (κ2) is 5.73. The van der Waals surface area contributed by atoms with Crippen LogP contribution in [0.1, 0.15) is 12.8 Å². The van der Waals surface area contributed by atoms with Crippen molar-refractivity contribution in [3.05, 3.63) is 24.3 Å². The second-order valence-corrected chi connectivity index (χ2v) is 5.47. The lowest BCUT2D eigenvalue weighted by atomic mass is 10.2. The molecular weight excluding hydrogens is 260 g/mol. The Morgan fingerprint density at radius 3 is 3.05 bits per heavy atom. The maximum atomic E-state index is 5.64. The minimum Gasteiger partial charge on any atom is -0.377 e. The summed E-state index contributed by atoms with van der Waals surface area (Å²) in [5, 5.41) is 2.01. The standard InChI is InChI=1S/C13H16N4OS/c14-17-13-15-11-6-2-1-5-10(11)12(16-13)19-8-9-4-3-7-18-9/h1-2,5-6,9H,3-4,7-8,14H2,(H,15,16,17). The molecule has 0 spiro atoms. The Hall–Kier alpha value is -1.37. The van der Waals surface area contributed by atoms with Gasteiger partial charge in [0.25, 0.3) is 0 Å². The molecule has 0 aliphatic carbocycles. The third kappa shape index (κ3) is 2.80. The summed E-state index contributed by atoms with van der Waals surface area (Å²) in [4.78, 5) is 8.78. The van der Waals surface area contributed by atoms with Crippen LogP contribution in [0.25, 0.3) is 10.9 Å². The summed E-state index contributed by atoms with van der Waals surface area (Å²) in [5.74, 6) is 6.79. The number of nitrogens with one attached hydrogen (secondary N) is 1. The molecule has 0 radical (unpaired) electrons. The first-order chi connectivity index (χ1) is 9.36. The van der Waals surface area contributed by atoms with E-state index < -0.39 is 0 Å². The Bertz CT molecular complexity index is 572. The summed E-state index contributed by atoms with van der Waals surface area (Å²) in [6.45, 7) is 0.880. The van der Waals surface area contributed by atoms with Crippen LogP contribution in [0.5, 0.6) is 0 Å². The minimum atomic E-state index is 0.341. The first-order valence-electron chi connectivity index (χ1n) is 6.34. The molecule has 3 N–H and O–H groups in total. The van der Waals surface area contributed by atoms with Crippen molar-refractivity contribution in [3.8, 4) is 0 Å². The van der Waals surface area contributed by atoms with Crippen LogP contribution < -0.4 is 11.3 Å². The van der Waals surface area contributed by atoms with Gasteiger partial charge in [-0.1, -0.05) is 18.2 Å². The summed E-state index contributed by atoms with van der Waals surface area (Å²) in [7, 11) is 0. The van der Waals surface area contributed by atoms with Gasteiger partial charge in [-0.3, -0.25) is 5.43 Å². The highest BCUT2D eigenvalue weighted by Crippen LogP contribution is 2.28. The summed E-state index contributed by atoms with van der Waals surface area (Å²) in [6, 6.07) is 7.96. The molecule has 1 atom stereocenters. The van der Waals surface area contributed by atoms with Gasteiger partial charge in [0, 0.05) is 17.7 Å². The van der Waals surface area contributed by atoms with Crippen LogP contribution >= 0.6 is 11.8 Å². The largest absolute Gasteiger partial charge is 0.377 e. The molecule has 1 aliphatic heterocycles. The van der Waals surface area contributed by atoms with Crippen LogP contribution in [-0.2, 0) is 4.74 Å². The fourth-order valence-electron chi connectivity index (χ4n) is 2.17. The molecule has 0 amide bonds. The van der Waals surface area contributed by atoms with Gasteiger partial charge in [-0.05, 0) is 18.9 Å². The molecule has 0 bridgehead atoms. The average Bonchev–Trinajstić information content (AvgIpc) is 2.97. The number of ether oxygens (including phenoxy) is 1. The molecule has 100 valence electrons. The van der Waals surface area contributed by atoms with E-state index in [9.17, 15) is 0 Å². The number of nitrogen functional groups attached to an aromatic ring is 1. The summed E-state index contributed by atoms with van der Waals surface area (Å²) in [6.07, 6.45) is 2.64. The Labute approximate surface area is 115 Å². The number of hydrogen-bond acceptors (Lipinski definition) is 6. The van der Waals surface area contributed by atoms with Crippen LogP contribution in [0.15, 0.2) is 29.3 Å². The zero-order chi connectivity index (χ0) is 13.1. The Balaban J connectivity index is 1.87. The van der Waals surface area contributed by atoms with E-state index in [2.05, 4.69) is 15.4 Å². The van der Waals surface area contributed by atoms with Gasteiger partial charge in [0.1, 0.15) is 5.03 Å². The van der Waals surface area contributed by atoms with Gasteiger partial charge in [-0.25, -0.2) is 15.8 Å². The topological polar surface area (TPSA) is 73.1 Å². The number of para-hydroxylation sites is 1. The molecule has 2 aromatic rings. The molecule has 6 heteroatoms. The molecule has 2 heterocycles. The molecule has 1 aromatic heterocycles. The van der Waals surface area contributed by atoms with Gasteiger partial charge in [-0.2, -0.15) is 0 Å². The normalized spacial score (nSPS) is 18.9. The predicted octanol–water partition coefficient (Wildman–Crippen LogP) is 2.19. The number of thioether (sulfide) groups is 1. The number of fused-ring (bicyclic) bond motifs is 1. The maximum absolute atomic E-state index is 5.64. The number of anilines is 1. The van der Waals surface area contributed by atoms with E-state index in [0.29, 0.717) is 12.1 Å². The molecule has 1 aliphatic rings. The first-order valence-corrected chi connectivity index (χ1v) is 7.33. The van der Waals surface area contributed by atoms with E-state index in [-0.39, 0.29) is 0 Å². The van der Waals surface area contributed by atoms with Crippen molar-refractivity contribution >= 4 is 28.6 Å². The molecule has 1 aromatic carbocycles. The second-order valence-electron chi connectivity index (χ2n) is 4.46. The van der Waals surface area contributed by atoms with Crippen molar-refractivity contribution in [1.29, 1.82) is 0 Å². The van der Waals surface area contributed by atoms with Crippen LogP contribution in [0, 0.1) is 0 Å². The van der Waals surface area contributed by atoms with Crippen molar-refractivity contribution in [3.63, 3.8) is 0 Å². The lowest BCUT2D eigenvalue weighted by Gasteiger charge is -2.10. The van der Waals surface area contributed by atoms with Crippen molar-refractivity contribution in [2.45, 2.75) is 24.0 Å². The van der Waals surface area contributed by atoms with Gasteiger partial charge in [0.05, 0.1) is 11.6 Å². The number of nitrogens with zero attached hydrogens (tertiary/aromatic N) is 2. The molecule has 0 saturated carbocycles. The highest BCUT2D eigenvalue weighted by molar-refractivity contribution is 7.99. The van der Waals surface area contributed by atoms with Crippen molar-refractivity contribution < 1.29 is 4.74 Å². The monoisotopic (exact) mass is 276 g/mol. The molecule has 19 heavy (non-hydrogen) atoms. The van der Waals surface area contributed by atoms with Crippen molar-refractivity contribution in [2.24, 2.45) is 5.84 Å². The van der Waals surface area contributed by atoms with E-state index in [1.54, 1.807) is 11.8 Å². The quantitative estimate of drug-likeness (QED) is 0.386. The van der Waals surface area contributed by atoms with E-state index >= 15 is 0 Å². The van der Waals surface area contributed by atoms with Crippen LogP contribution in [-0.4, -0.2) is 28.4 Å². The van der Waals surface area contributed by atoms with Gasteiger partial charge in [0.15, 0.2) is 0 Å². The zero-order valence-electron chi connectivity index (χ0n) is 10.5. The highest BCUT2D eigenvalue weighted by atomic mass is 32.2. The Kier molecular flexibility index (Phi) is 3.82. The zero-order valence-corrected chi connectivity index (χ0v) is 11.3. The van der Waals surface area contributed by atoms with Crippen LogP contribution in [0.2, 0.25) is 0 Å². The third-order valence-corrected chi connectivity index (χ3v) is 4.25. The van der Waals surface area contributed by atoms with Crippen LogP contribution in [0.4, 0.5) is 5.95 Å². The van der Waals surface area contributed by atoms with Crippen molar-refractivity contribution in [1.82, 2.24) is 9.97 Å². The molecule has 5 nitrogen and oxygen atoms in total. The van der Waals surface area contributed by atoms with E-state index in [1.165, 1.54) is 0 Å². The Morgan fingerprint density at radius 1 is 1.37 bits per heavy atom. The number of hydrazine groups is 1. The number of aromatic nitrogens is 2. The molecule has 1 saturated heterocycles. The third-order valence-electron chi connectivity index (χ3n) is 3.13. The summed E-state index contributed by atoms with van der Waals surface area (Å²) in [5.41, 5.74) is 3.42. The van der Waals surface area contributed by atoms with Crippen molar-refractivity contribution in [2.75, 3.05) is 17.8 Å². The SMILES string of the molecule is NNc1nc(SCC2CCCO2)c2ccccc2n1. The maximum Gasteiger partial charge on any atom is 0.238 e. The predicted molar refractivity (Wildman–Crippen MR) is 77.0 cm³/mol. The number of rotatable bonds is 4. The van der Waals surface area contributed by atoms with Gasteiger partial charge in [0.2, 0.25) is 5.95 Å². The average molecular weight is 276 g/mol. The molecule has 1 fully saturated rings. The fraction of sp³-hybridized carbons (Fsp3) is 0.385.